The van der Waals surface area contributed by atoms with Gasteiger partial charge in [-0.25, -0.2) is 0 Å². The van der Waals surface area contributed by atoms with Gasteiger partial charge < -0.3 is 15.2 Å². The maximum absolute atomic E-state index is 11.9. The van der Waals surface area contributed by atoms with Gasteiger partial charge in [0.25, 0.3) is 5.91 Å². The summed E-state index contributed by atoms with van der Waals surface area (Å²) in [5.41, 5.74) is 1.09. The molecule has 19 heavy (non-hydrogen) atoms. The Kier molecular flexibility index (Phi) is 4.15. The third-order valence-corrected chi connectivity index (χ3v) is 2.55. The predicted octanol–water partition coefficient (Wildman–Crippen LogP) is 1.49. The van der Waals surface area contributed by atoms with E-state index in [9.17, 15) is 4.79 Å². The highest BCUT2D eigenvalue weighted by Gasteiger charge is 2.07. The van der Waals surface area contributed by atoms with E-state index < -0.39 is 0 Å². The van der Waals surface area contributed by atoms with Crippen molar-refractivity contribution in [3.63, 3.8) is 0 Å². The number of benzene rings is 1. The van der Waals surface area contributed by atoms with Crippen molar-refractivity contribution in [2.24, 2.45) is 0 Å². The van der Waals surface area contributed by atoms with E-state index in [1.54, 1.807) is 36.3 Å². The summed E-state index contributed by atoms with van der Waals surface area (Å²) >= 11 is 0. The smallest absolute Gasteiger partial charge is 0.255 e. The first-order valence-electron chi connectivity index (χ1n) is 5.81. The number of hydrogen-bond donors (Lipinski definition) is 2. The molecule has 0 spiro atoms. The van der Waals surface area contributed by atoms with Crippen molar-refractivity contribution in [1.82, 2.24) is 9.78 Å². The van der Waals surface area contributed by atoms with Crippen LogP contribution >= 0.6 is 0 Å². The molecule has 100 valence electrons. The molecule has 0 aliphatic heterocycles. The first kappa shape index (κ1) is 13.1. The number of anilines is 1. The van der Waals surface area contributed by atoms with E-state index in [0.29, 0.717) is 24.4 Å². The number of phenols is 1. The van der Waals surface area contributed by atoms with Crippen LogP contribution < -0.4 is 5.32 Å². The number of phenolic OH excluding ortho intramolecular Hbond substituents is 1. The maximum Gasteiger partial charge on any atom is 0.255 e. The summed E-state index contributed by atoms with van der Waals surface area (Å²) in [6, 6.07) is 6.05. The average molecular weight is 261 g/mol. The standard InChI is InChI=1S/C13H15N3O3/c1-19-7-6-16-9-11(8-14-16)15-13(18)10-2-4-12(17)5-3-10/h2-5,8-9,17H,6-7H2,1H3,(H,15,18). The Morgan fingerprint density at radius 3 is 2.84 bits per heavy atom. The normalized spacial score (nSPS) is 10.4. The Labute approximate surface area is 110 Å². The van der Waals surface area contributed by atoms with Gasteiger partial charge in [-0.15, -0.1) is 0 Å². The molecular weight excluding hydrogens is 246 g/mol. The Balaban J connectivity index is 1.98. The largest absolute Gasteiger partial charge is 0.508 e. The molecule has 0 bridgehead atoms. The van der Waals surface area contributed by atoms with Crippen molar-refractivity contribution in [3.05, 3.63) is 42.2 Å². The molecule has 0 aliphatic carbocycles. The molecule has 0 saturated heterocycles. The van der Waals surface area contributed by atoms with Crippen LogP contribution in [0, 0.1) is 0 Å². The number of aromatic hydroxyl groups is 1. The summed E-state index contributed by atoms with van der Waals surface area (Å²) in [7, 11) is 1.62. The number of methoxy groups -OCH3 is 1. The summed E-state index contributed by atoms with van der Waals surface area (Å²) in [5, 5.41) is 16.0. The molecule has 0 atom stereocenters. The highest BCUT2D eigenvalue weighted by molar-refractivity contribution is 6.04. The first-order valence-corrected chi connectivity index (χ1v) is 5.81. The molecule has 0 unspecified atom stereocenters. The van der Waals surface area contributed by atoms with E-state index in [2.05, 4.69) is 10.4 Å². The van der Waals surface area contributed by atoms with Gasteiger partial charge in [-0.05, 0) is 24.3 Å². The highest BCUT2D eigenvalue weighted by atomic mass is 16.5. The zero-order valence-corrected chi connectivity index (χ0v) is 10.5. The lowest BCUT2D eigenvalue weighted by atomic mass is 10.2. The predicted molar refractivity (Wildman–Crippen MR) is 70.2 cm³/mol. The lowest BCUT2D eigenvalue weighted by Crippen LogP contribution is -2.11. The fraction of sp³-hybridized carbons (Fsp3) is 0.231. The van der Waals surface area contributed by atoms with Crippen LogP contribution in [0.4, 0.5) is 5.69 Å². The van der Waals surface area contributed by atoms with Crippen LogP contribution in [0.25, 0.3) is 0 Å². The monoisotopic (exact) mass is 261 g/mol. The van der Waals surface area contributed by atoms with Gasteiger partial charge in [-0.3, -0.25) is 9.48 Å². The summed E-state index contributed by atoms with van der Waals surface area (Å²) in [4.78, 5) is 11.9. The minimum atomic E-state index is -0.244. The zero-order chi connectivity index (χ0) is 13.7. The summed E-state index contributed by atoms with van der Waals surface area (Å²) in [6.45, 7) is 1.19. The van der Waals surface area contributed by atoms with Crippen LogP contribution in [0.15, 0.2) is 36.7 Å². The second-order valence-electron chi connectivity index (χ2n) is 3.99. The van der Waals surface area contributed by atoms with Crippen LogP contribution in [0.3, 0.4) is 0 Å². The fourth-order valence-electron chi connectivity index (χ4n) is 1.55. The van der Waals surface area contributed by atoms with Crippen molar-refractivity contribution in [1.29, 1.82) is 0 Å². The Bertz CT molecular complexity index is 549. The average Bonchev–Trinajstić information content (AvgIpc) is 2.84. The number of nitrogens with zero attached hydrogens (tertiary/aromatic N) is 2. The number of carbonyl (C=O) groups is 1. The second-order valence-corrected chi connectivity index (χ2v) is 3.99. The molecule has 0 fully saturated rings. The van der Waals surface area contributed by atoms with Crippen molar-refractivity contribution in [2.75, 3.05) is 19.0 Å². The lowest BCUT2D eigenvalue weighted by Gasteiger charge is -2.02. The minimum absolute atomic E-state index is 0.129. The third kappa shape index (κ3) is 3.56. The topological polar surface area (TPSA) is 76.4 Å². The molecule has 2 rings (SSSR count). The van der Waals surface area contributed by atoms with Gasteiger partial charge in [-0.1, -0.05) is 0 Å². The highest BCUT2D eigenvalue weighted by Crippen LogP contribution is 2.12. The number of ether oxygens (including phenoxy) is 1. The number of aromatic nitrogens is 2. The van der Waals surface area contributed by atoms with Crippen LogP contribution in [0.2, 0.25) is 0 Å². The molecule has 0 radical (unpaired) electrons. The van der Waals surface area contributed by atoms with Crippen LogP contribution in [-0.4, -0.2) is 34.5 Å². The van der Waals surface area contributed by atoms with Crippen molar-refractivity contribution >= 4 is 11.6 Å². The summed E-state index contributed by atoms with van der Waals surface area (Å²) < 4.78 is 6.64. The van der Waals surface area contributed by atoms with Gasteiger partial charge >= 0.3 is 0 Å². The molecular formula is C13H15N3O3. The molecule has 2 N–H and O–H groups in total. The van der Waals surface area contributed by atoms with Gasteiger partial charge in [0.05, 0.1) is 25.0 Å². The van der Waals surface area contributed by atoms with Gasteiger partial charge in [0.15, 0.2) is 0 Å². The van der Waals surface area contributed by atoms with Crippen LogP contribution in [0.1, 0.15) is 10.4 Å². The third-order valence-electron chi connectivity index (χ3n) is 2.55. The number of rotatable bonds is 5. The van der Waals surface area contributed by atoms with E-state index >= 15 is 0 Å². The number of amides is 1. The molecule has 1 amide bonds. The molecule has 0 aliphatic rings. The van der Waals surface area contributed by atoms with E-state index in [1.807, 2.05) is 0 Å². The first-order chi connectivity index (χ1) is 9.19. The Morgan fingerprint density at radius 2 is 2.16 bits per heavy atom. The lowest BCUT2D eigenvalue weighted by molar-refractivity contribution is 0.102. The molecule has 6 nitrogen and oxygen atoms in total. The van der Waals surface area contributed by atoms with Gasteiger partial charge in [0, 0.05) is 18.9 Å². The molecule has 1 aromatic heterocycles. The minimum Gasteiger partial charge on any atom is -0.508 e. The second kappa shape index (κ2) is 6.01. The van der Waals surface area contributed by atoms with Gasteiger partial charge in [-0.2, -0.15) is 5.10 Å². The summed E-state index contributed by atoms with van der Waals surface area (Å²) in [5.74, 6) is -0.116. The maximum atomic E-state index is 11.9. The SMILES string of the molecule is COCCn1cc(NC(=O)c2ccc(O)cc2)cn1. The van der Waals surface area contributed by atoms with E-state index in [4.69, 9.17) is 9.84 Å². The van der Waals surface area contributed by atoms with Crippen LogP contribution in [0.5, 0.6) is 5.75 Å². The number of carbonyl (C=O) groups excluding carboxylic acids is 1. The number of hydrogen-bond acceptors (Lipinski definition) is 4. The van der Waals surface area contributed by atoms with Gasteiger partial charge in [0.1, 0.15) is 5.75 Å². The van der Waals surface area contributed by atoms with Gasteiger partial charge in [0.2, 0.25) is 0 Å². The quantitative estimate of drug-likeness (QED) is 0.855. The van der Waals surface area contributed by atoms with E-state index in [0.717, 1.165) is 0 Å². The number of nitrogens with one attached hydrogen (secondary N) is 1. The van der Waals surface area contributed by atoms with Crippen molar-refractivity contribution in [3.8, 4) is 5.75 Å². The van der Waals surface area contributed by atoms with E-state index in [-0.39, 0.29) is 11.7 Å². The Hall–Kier alpha value is -2.34. The van der Waals surface area contributed by atoms with E-state index in [1.165, 1.54) is 12.1 Å². The molecule has 6 heteroatoms. The molecule has 1 heterocycles. The fourth-order valence-corrected chi connectivity index (χ4v) is 1.55. The summed E-state index contributed by atoms with van der Waals surface area (Å²) in [6.07, 6.45) is 3.31. The van der Waals surface area contributed by atoms with Crippen LogP contribution in [-0.2, 0) is 11.3 Å². The van der Waals surface area contributed by atoms with Crippen molar-refractivity contribution < 1.29 is 14.6 Å². The van der Waals surface area contributed by atoms with Crippen molar-refractivity contribution in [2.45, 2.75) is 6.54 Å². The molecule has 2 aromatic rings. The molecule has 0 saturated carbocycles. The Morgan fingerprint density at radius 1 is 1.42 bits per heavy atom. The zero-order valence-electron chi connectivity index (χ0n) is 10.5. The molecule has 1 aromatic carbocycles.